The summed E-state index contributed by atoms with van der Waals surface area (Å²) < 4.78 is 32.1. The lowest BCUT2D eigenvalue weighted by atomic mass is 10.4. The van der Waals surface area contributed by atoms with Crippen molar-refractivity contribution in [3.8, 4) is 0 Å². The van der Waals surface area contributed by atoms with Crippen LogP contribution in [0.3, 0.4) is 0 Å². The molecule has 5 nitrogen and oxygen atoms in total. The predicted octanol–water partition coefficient (Wildman–Crippen LogP) is 2.07. The Hall–Kier alpha value is -1.15. The van der Waals surface area contributed by atoms with Crippen LogP contribution in [-0.4, -0.2) is 14.5 Å². The minimum Gasteiger partial charge on any atom is -0.447 e. The Kier molecular flexibility index (Phi) is 3.93. The Morgan fingerprint density at radius 2 is 2.10 bits per heavy atom. The van der Waals surface area contributed by atoms with Crippen LogP contribution in [0.15, 0.2) is 38.5 Å². The van der Waals surface area contributed by atoms with Gasteiger partial charge in [0.2, 0.25) is 5.09 Å². The highest BCUT2D eigenvalue weighted by Crippen LogP contribution is 2.20. The van der Waals surface area contributed by atoms with Crippen LogP contribution in [0, 0.1) is 0 Å². The summed E-state index contributed by atoms with van der Waals surface area (Å²) in [5, 5.41) is 7.08. The molecule has 2 N–H and O–H groups in total. The second-order valence-corrected chi connectivity index (χ2v) is 7.31. The van der Waals surface area contributed by atoms with Gasteiger partial charge in [-0.2, -0.15) is 11.3 Å². The van der Waals surface area contributed by atoms with E-state index in [1.807, 2.05) is 16.8 Å². The number of rotatable bonds is 7. The monoisotopic (exact) mass is 312 g/mol. The van der Waals surface area contributed by atoms with Gasteiger partial charge in [-0.3, -0.25) is 0 Å². The van der Waals surface area contributed by atoms with Gasteiger partial charge in [-0.25, -0.2) is 13.1 Å². The maximum atomic E-state index is 12.1. The smallest absolute Gasteiger partial charge is 0.274 e. The molecular weight excluding hydrogens is 296 g/mol. The van der Waals surface area contributed by atoms with Crippen LogP contribution >= 0.6 is 11.3 Å². The zero-order valence-electron chi connectivity index (χ0n) is 10.8. The van der Waals surface area contributed by atoms with E-state index < -0.39 is 10.0 Å². The van der Waals surface area contributed by atoms with Gasteiger partial charge in [0.05, 0.1) is 6.54 Å². The van der Waals surface area contributed by atoms with E-state index in [2.05, 4.69) is 10.0 Å². The normalized spacial score (nSPS) is 15.6. The van der Waals surface area contributed by atoms with Crippen molar-refractivity contribution in [2.24, 2.45) is 0 Å². The van der Waals surface area contributed by atoms with Crippen molar-refractivity contribution in [1.29, 1.82) is 0 Å². The first kappa shape index (κ1) is 13.8. The number of hydrogen-bond donors (Lipinski definition) is 2. The van der Waals surface area contributed by atoms with Gasteiger partial charge in [0.1, 0.15) is 5.76 Å². The number of hydrogen-bond acceptors (Lipinski definition) is 5. The summed E-state index contributed by atoms with van der Waals surface area (Å²) in [4.78, 5) is 0. The molecule has 7 heteroatoms. The summed E-state index contributed by atoms with van der Waals surface area (Å²) in [6.45, 7) is 0.854. The fraction of sp³-hybridized carbons (Fsp3) is 0.385. The molecule has 0 radical (unpaired) electrons. The van der Waals surface area contributed by atoms with Crippen LogP contribution in [0.25, 0.3) is 0 Å². The van der Waals surface area contributed by atoms with Crippen molar-refractivity contribution in [3.63, 3.8) is 0 Å². The lowest BCUT2D eigenvalue weighted by Gasteiger charge is -2.03. The summed E-state index contributed by atoms with van der Waals surface area (Å²) in [6, 6.07) is 5.66. The molecular formula is C13H16N2O3S2. The number of nitrogens with one attached hydrogen (secondary N) is 2. The Morgan fingerprint density at radius 3 is 2.80 bits per heavy atom. The molecule has 0 aromatic carbocycles. The Bertz CT molecular complexity index is 658. The van der Waals surface area contributed by atoms with Crippen molar-refractivity contribution in [2.75, 3.05) is 0 Å². The SMILES string of the molecule is O=S(=O)(NCc1ccsc1)c1ccc(CNC2CC2)o1. The lowest BCUT2D eigenvalue weighted by Crippen LogP contribution is -2.22. The third-order valence-corrected chi connectivity index (χ3v) is 5.10. The van der Waals surface area contributed by atoms with Crippen LogP contribution in [0.1, 0.15) is 24.2 Å². The average molecular weight is 312 g/mol. The summed E-state index contributed by atoms with van der Waals surface area (Å²) in [6.07, 6.45) is 2.38. The van der Waals surface area contributed by atoms with E-state index in [0.717, 1.165) is 5.56 Å². The molecule has 1 aliphatic rings. The number of sulfonamides is 1. The van der Waals surface area contributed by atoms with Crippen molar-refractivity contribution in [3.05, 3.63) is 40.3 Å². The van der Waals surface area contributed by atoms with E-state index in [-0.39, 0.29) is 11.6 Å². The Balaban J connectivity index is 1.61. The minimum absolute atomic E-state index is 0.0275. The average Bonchev–Trinajstić information content (AvgIpc) is 2.94. The second-order valence-electron chi connectivity index (χ2n) is 4.83. The predicted molar refractivity (Wildman–Crippen MR) is 76.9 cm³/mol. The maximum absolute atomic E-state index is 12.1. The van der Waals surface area contributed by atoms with E-state index >= 15 is 0 Å². The van der Waals surface area contributed by atoms with E-state index in [4.69, 9.17) is 4.42 Å². The number of thiophene rings is 1. The zero-order chi connectivity index (χ0) is 14.0. The summed E-state index contributed by atoms with van der Waals surface area (Å²) >= 11 is 1.54. The van der Waals surface area contributed by atoms with Gasteiger partial charge in [0.15, 0.2) is 0 Å². The molecule has 0 bridgehead atoms. The highest BCUT2D eigenvalue weighted by molar-refractivity contribution is 7.89. The van der Waals surface area contributed by atoms with Gasteiger partial charge in [-0.1, -0.05) is 0 Å². The fourth-order valence-electron chi connectivity index (χ4n) is 1.77. The first-order valence-electron chi connectivity index (χ1n) is 6.46. The van der Waals surface area contributed by atoms with Crippen LogP contribution in [0.5, 0.6) is 0 Å². The highest BCUT2D eigenvalue weighted by Gasteiger charge is 2.22. The van der Waals surface area contributed by atoms with Gasteiger partial charge >= 0.3 is 0 Å². The van der Waals surface area contributed by atoms with Crippen LogP contribution < -0.4 is 10.0 Å². The first-order valence-corrected chi connectivity index (χ1v) is 8.89. The molecule has 0 saturated heterocycles. The number of furan rings is 1. The zero-order valence-corrected chi connectivity index (χ0v) is 12.5. The standard InChI is InChI=1S/C13H16N2O3S2/c16-20(17,15-7-10-5-6-19-9-10)13-4-3-12(18-13)8-14-11-1-2-11/h3-6,9,11,14-15H,1-2,7-8H2. The van der Waals surface area contributed by atoms with E-state index in [0.29, 0.717) is 18.3 Å². The molecule has 1 aliphatic carbocycles. The van der Waals surface area contributed by atoms with E-state index in [1.54, 1.807) is 6.07 Å². The quantitative estimate of drug-likeness (QED) is 0.821. The highest BCUT2D eigenvalue weighted by atomic mass is 32.2. The van der Waals surface area contributed by atoms with E-state index in [1.165, 1.54) is 30.2 Å². The molecule has 0 unspecified atom stereocenters. The molecule has 2 heterocycles. The van der Waals surface area contributed by atoms with Gasteiger partial charge in [0.25, 0.3) is 10.0 Å². The Morgan fingerprint density at radius 1 is 1.25 bits per heavy atom. The van der Waals surface area contributed by atoms with Gasteiger partial charge in [0, 0.05) is 12.6 Å². The van der Waals surface area contributed by atoms with Crippen LogP contribution in [0.4, 0.5) is 0 Å². The molecule has 3 rings (SSSR count). The molecule has 1 fully saturated rings. The van der Waals surface area contributed by atoms with Crippen molar-refractivity contribution in [1.82, 2.24) is 10.0 Å². The van der Waals surface area contributed by atoms with Crippen LogP contribution in [-0.2, 0) is 23.1 Å². The third kappa shape index (κ3) is 3.49. The minimum atomic E-state index is -3.58. The van der Waals surface area contributed by atoms with Gasteiger partial charge in [-0.15, -0.1) is 0 Å². The summed E-state index contributed by atoms with van der Waals surface area (Å²) in [5.41, 5.74) is 0.945. The molecule has 108 valence electrons. The molecule has 0 atom stereocenters. The largest absolute Gasteiger partial charge is 0.447 e. The molecule has 1 saturated carbocycles. The molecule has 2 aromatic rings. The van der Waals surface area contributed by atoms with Crippen molar-refractivity contribution < 1.29 is 12.8 Å². The molecule has 20 heavy (non-hydrogen) atoms. The topological polar surface area (TPSA) is 71.3 Å². The molecule has 0 amide bonds. The fourth-order valence-corrected chi connectivity index (χ4v) is 3.40. The Labute approximate surface area is 122 Å². The molecule has 0 aliphatic heterocycles. The third-order valence-electron chi connectivity index (χ3n) is 3.09. The van der Waals surface area contributed by atoms with Crippen LogP contribution in [0.2, 0.25) is 0 Å². The molecule has 2 aromatic heterocycles. The summed E-state index contributed by atoms with van der Waals surface area (Å²) in [5.74, 6) is 0.646. The van der Waals surface area contributed by atoms with Gasteiger partial charge in [-0.05, 0) is 47.4 Å². The van der Waals surface area contributed by atoms with Crippen molar-refractivity contribution >= 4 is 21.4 Å². The van der Waals surface area contributed by atoms with Crippen molar-refractivity contribution in [2.45, 2.75) is 37.1 Å². The molecule has 0 spiro atoms. The lowest BCUT2D eigenvalue weighted by molar-refractivity contribution is 0.399. The summed E-state index contributed by atoms with van der Waals surface area (Å²) in [7, 11) is -3.58. The maximum Gasteiger partial charge on any atom is 0.274 e. The van der Waals surface area contributed by atoms with E-state index in [9.17, 15) is 8.42 Å². The second kappa shape index (κ2) is 5.69. The van der Waals surface area contributed by atoms with Gasteiger partial charge < -0.3 is 9.73 Å². The first-order chi connectivity index (χ1) is 9.63.